The minimum atomic E-state index is 0.186. The third-order valence-corrected chi connectivity index (χ3v) is 5.23. The van der Waals surface area contributed by atoms with E-state index in [1.54, 1.807) is 18.3 Å². The maximum absolute atomic E-state index is 12.4. The number of piperidine rings is 1. The van der Waals surface area contributed by atoms with Gasteiger partial charge in [-0.05, 0) is 25.3 Å². The molecule has 2 aromatic heterocycles. The Morgan fingerprint density at radius 3 is 3.14 bits per heavy atom. The predicted molar refractivity (Wildman–Crippen MR) is 85.2 cm³/mol. The molecule has 1 amide bonds. The van der Waals surface area contributed by atoms with Gasteiger partial charge in [0.05, 0.1) is 5.02 Å². The molecule has 0 saturated carbocycles. The lowest BCUT2D eigenvalue weighted by Crippen LogP contribution is -2.39. The summed E-state index contributed by atoms with van der Waals surface area (Å²) in [7, 11) is 0. The molecule has 7 heteroatoms. The average molecular weight is 340 g/mol. The van der Waals surface area contributed by atoms with Gasteiger partial charge in [0.25, 0.3) is 0 Å². The van der Waals surface area contributed by atoms with Crippen molar-refractivity contribution in [1.29, 1.82) is 0 Å². The van der Waals surface area contributed by atoms with Crippen LogP contribution in [0.25, 0.3) is 0 Å². The number of likely N-dealkylation sites (tertiary alicyclic amines) is 1. The van der Waals surface area contributed by atoms with Crippen molar-refractivity contribution in [1.82, 2.24) is 15.0 Å². The molecule has 1 saturated heterocycles. The smallest absolute Gasteiger partial charge is 0.223 e. The molecule has 0 aromatic carbocycles. The number of carbonyl (C=O) groups is 1. The summed E-state index contributed by atoms with van der Waals surface area (Å²) in [6.45, 7) is 3.29. The number of amides is 1. The van der Waals surface area contributed by atoms with Gasteiger partial charge in [0, 0.05) is 42.6 Å². The summed E-state index contributed by atoms with van der Waals surface area (Å²) in [6, 6.07) is 1.93. The van der Waals surface area contributed by atoms with Crippen LogP contribution in [0.5, 0.6) is 0 Å². The minimum absolute atomic E-state index is 0.186. The normalized spacial score (nSPS) is 18.6. The van der Waals surface area contributed by atoms with Crippen LogP contribution in [0.2, 0.25) is 5.02 Å². The van der Waals surface area contributed by atoms with Crippen molar-refractivity contribution in [3.63, 3.8) is 0 Å². The SMILES string of the molecule is Cc1nc(C2CCCN(C(=O)CCc3cc(Cl)cs3)C2)no1. The highest BCUT2D eigenvalue weighted by Gasteiger charge is 2.27. The first kappa shape index (κ1) is 15.5. The number of aromatic nitrogens is 2. The maximum Gasteiger partial charge on any atom is 0.223 e. The largest absolute Gasteiger partial charge is 0.342 e. The number of hydrogen-bond acceptors (Lipinski definition) is 5. The van der Waals surface area contributed by atoms with Crippen LogP contribution in [0.1, 0.15) is 41.8 Å². The number of halogens is 1. The Hall–Kier alpha value is -1.40. The van der Waals surface area contributed by atoms with E-state index in [4.69, 9.17) is 16.1 Å². The highest BCUT2D eigenvalue weighted by Crippen LogP contribution is 2.26. The van der Waals surface area contributed by atoms with Gasteiger partial charge in [0.2, 0.25) is 11.8 Å². The lowest BCUT2D eigenvalue weighted by molar-refractivity contribution is -0.132. The van der Waals surface area contributed by atoms with Gasteiger partial charge in [0.1, 0.15) is 0 Å². The van der Waals surface area contributed by atoms with E-state index in [9.17, 15) is 4.79 Å². The predicted octanol–water partition coefficient (Wildman–Crippen LogP) is 3.43. The second-order valence-corrected chi connectivity index (χ2v) is 7.01. The fraction of sp³-hybridized carbons (Fsp3) is 0.533. The summed E-state index contributed by atoms with van der Waals surface area (Å²) in [5.41, 5.74) is 0. The van der Waals surface area contributed by atoms with Crippen LogP contribution in [-0.2, 0) is 11.2 Å². The van der Waals surface area contributed by atoms with Crippen LogP contribution in [0.3, 0.4) is 0 Å². The molecule has 22 heavy (non-hydrogen) atoms. The van der Waals surface area contributed by atoms with Crippen LogP contribution in [0.15, 0.2) is 16.0 Å². The standard InChI is InChI=1S/C15H18ClN3O2S/c1-10-17-15(18-21-10)11-3-2-6-19(8-11)14(20)5-4-13-7-12(16)9-22-13/h7,9,11H,2-6,8H2,1H3. The Morgan fingerprint density at radius 2 is 2.45 bits per heavy atom. The van der Waals surface area contributed by atoms with Crippen molar-refractivity contribution in [3.05, 3.63) is 33.1 Å². The second kappa shape index (κ2) is 6.79. The molecule has 1 unspecified atom stereocenters. The van der Waals surface area contributed by atoms with Crippen molar-refractivity contribution in [2.75, 3.05) is 13.1 Å². The van der Waals surface area contributed by atoms with Crippen LogP contribution < -0.4 is 0 Å². The highest BCUT2D eigenvalue weighted by molar-refractivity contribution is 7.10. The van der Waals surface area contributed by atoms with Crippen molar-refractivity contribution in [2.24, 2.45) is 0 Å². The van der Waals surface area contributed by atoms with Crippen LogP contribution in [0.4, 0.5) is 0 Å². The molecule has 1 aliphatic rings. The van der Waals surface area contributed by atoms with Crippen molar-refractivity contribution < 1.29 is 9.32 Å². The fourth-order valence-corrected chi connectivity index (χ4v) is 3.85. The maximum atomic E-state index is 12.4. The Balaban J connectivity index is 1.55. The van der Waals surface area contributed by atoms with E-state index in [2.05, 4.69) is 10.1 Å². The van der Waals surface area contributed by atoms with Gasteiger partial charge in [-0.3, -0.25) is 4.79 Å². The Morgan fingerprint density at radius 1 is 1.59 bits per heavy atom. The lowest BCUT2D eigenvalue weighted by atomic mass is 9.97. The Kier molecular flexibility index (Phi) is 4.78. The number of aryl methyl sites for hydroxylation is 2. The van der Waals surface area contributed by atoms with Gasteiger partial charge in [-0.1, -0.05) is 16.8 Å². The topological polar surface area (TPSA) is 59.2 Å². The molecule has 2 aromatic rings. The van der Waals surface area contributed by atoms with E-state index in [1.807, 2.05) is 16.3 Å². The molecule has 0 bridgehead atoms. The molecule has 0 spiro atoms. The van der Waals surface area contributed by atoms with Gasteiger partial charge in [-0.15, -0.1) is 11.3 Å². The van der Waals surface area contributed by atoms with E-state index in [-0.39, 0.29) is 11.8 Å². The first-order chi connectivity index (χ1) is 10.6. The van der Waals surface area contributed by atoms with Gasteiger partial charge >= 0.3 is 0 Å². The van der Waals surface area contributed by atoms with Gasteiger partial charge in [-0.25, -0.2) is 0 Å². The summed E-state index contributed by atoms with van der Waals surface area (Å²) in [5, 5.41) is 6.64. The molecule has 0 N–H and O–H groups in total. The minimum Gasteiger partial charge on any atom is -0.342 e. The number of thiophene rings is 1. The molecular weight excluding hydrogens is 322 g/mol. The summed E-state index contributed by atoms with van der Waals surface area (Å²) >= 11 is 7.51. The van der Waals surface area contributed by atoms with E-state index in [1.165, 1.54) is 0 Å². The molecule has 1 aliphatic heterocycles. The molecule has 5 nitrogen and oxygen atoms in total. The monoisotopic (exact) mass is 339 g/mol. The van der Waals surface area contributed by atoms with Gasteiger partial charge < -0.3 is 9.42 Å². The van der Waals surface area contributed by atoms with Gasteiger partial charge in [0.15, 0.2) is 5.82 Å². The third-order valence-electron chi connectivity index (χ3n) is 3.89. The molecule has 0 aliphatic carbocycles. The zero-order chi connectivity index (χ0) is 15.5. The molecule has 1 fully saturated rings. The number of carbonyl (C=O) groups excluding carboxylic acids is 1. The third kappa shape index (κ3) is 3.67. The first-order valence-electron chi connectivity index (χ1n) is 7.42. The van der Waals surface area contributed by atoms with Crippen LogP contribution in [0, 0.1) is 6.92 Å². The number of rotatable bonds is 4. The molecule has 1 atom stereocenters. The lowest BCUT2D eigenvalue weighted by Gasteiger charge is -2.31. The highest BCUT2D eigenvalue weighted by atomic mass is 35.5. The molecule has 0 radical (unpaired) electrons. The fourth-order valence-electron chi connectivity index (χ4n) is 2.77. The van der Waals surface area contributed by atoms with Crippen LogP contribution in [-0.4, -0.2) is 34.0 Å². The molecular formula is C15H18ClN3O2S. The van der Waals surface area contributed by atoms with E-state index in [0.717, 1.165) is 41.5 Å². The molecule has 118 valence electrons. The van der Waals surface area contributed by atoms with E-state index < -0.39 is 0 Å². The Labute approximate surface area is 138 Å². The first-order valence-corrected chi connectivity index (χ1v) is 8.68. The van der Waals surface area contributed by atoms with Crippen molar-refractivity contribution >= 4 is 28.8 Å². The van der Waals surface area contributed by atoms with Crippen molar-refractivity contribution in [3.8, 4) is 0 Å². The van der Waals surface area contributed by atoms with Crippen LogP contribution >= 0.6 is 22.9 Å². The quantitative estimate of drug-likeness (QED) is 0.856. The summed E-state index contributed by atoms with van der Waals surface area (Å²) in [5.74, 6) is 1.67. The number of nitrogens with zero attached hydrogens (tertiary/aromatic N) is 3. The van der Waals surface area contributed by atoms with E-state index >= 15 is 0 Å². The zero-order valence-corrected chi connectivity index (χ0v) is 14.0. The molecule has 3 heterocycles. The van der Waals surface area contributed by atoms with Crippen molar-refractivity contribution in [2.45, 2.75) is 38.5 Å². The second-order valence-electron chi connectivity index (χ2n) is 5.58. The van der Waals surface area contributed by atoms with Gasteiger partial charge in [-0.2, -0.15) is 4.98 Å². The average Bonchev–Trinajstić information content (AvgIpc) is 3.13. The molecule has 3 rings (SSSR count). The summed E-state index contributed by atoms with van der Waals surface area (Å²) in [4.78, 5) is 19.8. The van der Waals surface area contributed by atoms with E-state index in [0.29, 0.717) is 18.9 Å². The number of hydrogen-bond donors (Lipinski definition) is 0. The zero-order valence-electron chi connectivity index (χ0n) is 12.4. The summed E-state index contributed by atoms with van der Waals surface area (Å²) < 4.78 is 5.05. The summed E-state index contributed by atoms with van der Waals surface area (Å²) in [6.07, 6.45) is 3.26. The Bertz CT molecular complexity index is 655.